The lowest BCUT2D eigenvalue weighted by molar-refractivity contribution is -0.133. The first kappa shape index (κ1) is 15.9. The van der Waals surface area contributed by atoms with E-state index in [0.29, 0.717) is 18.4 Å². The quantitative estimate of drug-likeness (QED) is 0.760. The van der Waals surface area contributed by atoms with Gasteiger partial charge in [-0.15, -0.1) is 0 Å². The molecule has 0 N–H and O–H groups in total. The molecule has 1 aliphatic carbocycles. The highest BCUT2D eigenvalue weighted by Gasteiger charge is 2.33. The summed E-state index contributed by atoms with van der Waals surface area (Å²) in [6, 6.07) is 14.7. The third-order valence-electron chi connectivity index (χ3n) is 4.30. The molecular weight excluding hydrogens is 284 g/mol. The molecule has 0 spiro atoms. The van der Waals surface area contributed by atoms with E-state index in [9.17, 15) is 4.79 Å². The first-order valence-electron chi connectivity index (χ1n) is 8.60. The minimum absolute atomic E-state index is 0.284. The molecule has 0 radical (unpaired) electrons. The number of rotatable bonds is 7. The number of hydrogen-bond donors (Lipinski definition) is 0. The summed E-state index contributed by atoms with van der Waals surface area (Å²) in [5, 5.41) is 0. The van der Waals surface area contributed by atoms with E-state index < -0.39 is 0 Å². The smallest absolute Gasteiger partial charge is 0.226 e. The number of aromatic nitrogens is 1. The van der Waals surface area contributed by atoms with Gasteiger partial charge in [-0.05, 0) is 36.5 Å². The summed E-state index contributed by atoms with van der Waals surface area (Å²) in [6.07, 6.45) is 4.24. The Kier molecular flexibility index (Phi) is 4.85. The van der Waals surface area contributed by atoms with Crippen molar-refractivity contribution in [3.8, 4) is 0 Å². The number of amides is 1. The fraction of sp³-hybridized carbons (Fsp3) is 0.450. The molecule has 0 aliphatic heterocycles. The maximum absolute atomic E-state index is 12.6. The summed E-state index contributed by atoms with van der Waals surface area (Å²) >= 11 is 0. The fourth-order valence-electron chi connectivity index (χ4n) is 2.98. The van der Waals surface area contributed by atoms with Gasteiger partial charge in [-0.25, -0.2) is 0 Å². The molecule has 1 amide bonds. The van der Waals surface area contributed by atoms with Crippen LogP contribution >= 0.6 is 0 Å². The lowest BCUT2D eigenvalue weighted by atomic mass is 10.2. The average molecular weight is 310 g/mol. The van der Waals surface area contributed by atoms with E-state index >= 15 is 0 Å². The van der Waals surface area contributed by atoms with Crippen molar-refractivity contribution in [3.63, 3.8) is 0 Å². The summed E-state index contributed by atoms with van der Waals surface area (Å²) < 4.78 is 2.25. The molecule has 3 nitrogen and oxygen atoms in total. The van der Waals surface area contributed by atoms with Crippen LogP contribution in [0.25, 0.3) is 0 Å². The van der Waals surface area contributed by atoms with Crippen LogP contribution in [0, 0.1) is 11.8 Å². The fourth-order valence-corrected chi connectivity index (χ4v) is 2.98. The van der Waals surface area contributed by atoms with Gasteiger partial charge in [0, 0.05) is 30.9 Å². The standard InChI is InChI=1S/C20H26N2O/c1-16(2)13-22(20(23)18-10-11-18)15-19-9-6-12-21(19)14-17-7-4-3-5-8-17/h3-9,12,16,18H,10-11,13-15H2,1-2H3. The molecule has 1 heterocycles. The number of nitrogens with zero attached hydrogens (tertiary/aromatic N) is 2. The molecule has 3 rings (SSSR count). The number of carbonyl (C=O) groups excluding carboxylic acids is 1. The van der Waals surface area contributed by atoms with Crippen molar-refractivity contribution in [2.24, 2.45) is 11.8 Å². The van der Waals surface area contributed by atoms with E-state index in [1.54, 1.807) is 0 Å². The Morgan fingerprint density at radius 2 is 1.91 bits per heavy atom. The van der Waals surface area contributed by atoms with Gasteiger partial charge in [0.2, 0.25) is 5.91 Å². The SMILES string of the molecule is CC(C)CN(Cc1cccn1Cc1ccccc1)C(=O)C1CC1. The van der Waals surface area contributed by atoms with Crippen molar-refractivity contribution >= 4 is 5.91 Å². The topological polar surface area (TPSA) is 25.2 Å². The molecule has 2 aromatic rings. The first-order valence-corrected chi connectivity index (χ1v) is 8.60. The Labute approximate surface area is 138 Å². The molecule has 23 heavy (non-hydrogen) atoms. The van der Waals surface area contributed by atoms with Crippen molar-refractivity contribution in [2.75, 3.05) is 6.54 Å². The Morgan fingerprint density at radius 1 is 1.17 bits per heavy atom. The first-order chi connectivity index (χ1) is 11.1. The van der Waals surface area contributed by atoms with Gasteiger partial charge >= 0.3 is 0 Å². The third kappa shape index (κ3) is 4.25. The van der Waals surface area contributed by atoms with Crippen LogP contribution < -0.4 is 0 Å². The maximum Gasteiger partial charge on any atom is 0.226 e. The molecule has 1 saturated carbocycles. The molecule has 1 aliphatic rings. The summed E-state index contributed by atoms with van der Waals surface area (Å²) in [7, 11) is 0. The molecule has 0 atom stereocenters. The zero-order valence-corrected chi connectivity index (χ0v) is 14.1. The number of carbonyl (C=O) groups is 1. The normalized spacial score (nSPS) is 14.2. The number of benzene rings is 1. The van der Waals surface area contributed by atoms with Crippen LogP contribution in [0.5, 0.6) is 0 Å². The average Bonchev–Trinajstić information content (AvgIpc) is 3.29. The minimum atomic E-state index is 0.284. The minimum Gasteiger partial charge on any atom is -0.345 e. The Morgan fingerprint density at radius 3 is 2.57 bits per heavy atom. The van der Waals surface area contributed by atoms with E-state index in [2.05, 4.69) is 65.9 Å². The van der Waals surface area contributed by atoms with Crippen molar-refractivity contribution in [1.29, 1.82) is 0 Å². The molecular formula is C20H26N2O. The predicted molar refractivity (Wildman–Crippen MR) is 93.0 cm³/mol. The number of hydrogen-bond acceptors (Lipinski definition) is 1. The molecule has 0 bridgehead atoms. The van der Waals surface area contributed by atoms with Crippen LogP contribution in [0.15, 0.2) is 48.7 Å². The zero-order chi connectivity index (χ0) is 16.2. The van der Waals surface area contributed by atoms with Crippen molar-refractivity contribution in [3.05, 3.63) is 59.9 Å². The second-order valence-electron chi connectivity index (χ2n) is 7.00. The van der Waals surface area contributed by atoms with Gasteiger partial charge in [-0.2, -0.15) is 0 Å². The van der Waals surface area contributed by atoms with Crippen LogP contribution in [0.1, 0.15) is 37.9 Å². The highest BCUT2D eigenvalue weighted by molar-refractivity contribution is 5.81. The van der Waals surface area contributed by atoms with Crippen LogP contribution in [-0.2, 0) is 17.9 Å². The molecule has 1 fully saturated rings. The van der Waals surface area contributed by atoms with Crippen LogP contribution in [0.4, 0.5) is 0 Å². The summed E-state index contributed by atoms with van der Waals surface area (Å²) in [4.78, 5) is 14.6. The van der Waals surface area contributed by atoms with E-state index in [4.69, 9.17) is 0 Å². The lowest BCUT2D eigenvalue weighted by Gasteiger charge is -2.25. The molecule has 1 aromatic carbocycles. The van der Waals surface area contributed by atoms with Crippen LogP contribution in [0.2, 0.25) is 0 Å². The Hall–Kier alpha value is -2.03. The summed E-state index contributed by atoms with van der Waals surface area (Å²) in [5.41, 5.74) is 2.50. The molecule has 1 aromatic heterocycles. The monoisotopic (exact) mass is 310 g/mol. The second kappa shape index (κ2) is 7.03. The summed E-state index contributed by atoms with van der Waals surface area (Å²) in [5.74, 6) is 1.12. The van der Waals surface area contributed by atoms with Gasteiger partial charge in [-0.1, -0.05) is 44.2 Å². The van der Waals surface area contributed by atoms with Crippen LogP contribution in [0.3, 0.4) is 0 Å². The molecule has 0 unspecified atom stereocenters. The predicted octanol–water partition coefficient (Wildman–Crippen LogP) is 3.93. The van der Waals surface area contributed by atoms with Gasteiger partial charge in [-0.3, -0.25) is 4.79 Å². The largest absolute Gasteiger partial charge is 0.345 e. The van der Waals surface area contributed by atoms with Crippen molar-refractivity contribution in [1.82, 2.24) is 9.47 Å². The highest BCUT2D eigenvalue weighted by Crippen LogP contribution is 2.31. The van der Waals surface area contributed by atoms with E-state index in [-0.39, 0.29) is 5.92 Å². The van der Waals surface area contributed by atoms with Gasteiger partial charge in [0.1, 0.15) is 0 Å². The van der Waals surface area contributed by atoms with Crippen molar-refractivity contribution in [2.45, 2.75) is 39.8 Å². The highest BCUT2D eigenvalue weighted by atomic mass is 16.2. The lowest BCUT2D eigenvalue weighted by Crippen LogP contribution is -2.35. The maximum atomic E-state index is 12.6. The third-order valence-corrected chi connectivity index (χ3v) is 4.30. The molecule has 122 valence electrons. The van der Waals surface area contributed by atoms with Gasteiger partial charge in [0.25, 0.3) is 0 Å². The zero-order valence-electron chi connectivity index (χ0n) is 14.1. The van der Waals surface area contributed by atoms with Gasteiger partial charge in [0.05, 0.1) is 6.54 Å². The van der Waals surface area contributed by atoms with E-state index in [1.165, 1.54) is 11.3 Å². The molecule has 0 saturated heterocycles. The van der Waals surface area contributed by atoms with Gasteiger partial charge < -0.3 is 9.47 Å². The molecule has 3 heteroatoms. The second-order valence-corrected chi connectivity index (χ2v) is 7.00. The van der Waals surface area contributed by atoms with Gasteiger partial charge in [0.15, 0.2) is 0 Å². The Bertz CT molecular complexity index is 641. The summed E-state index contributed by atoms with van der Waals surface area (Å²) in [6.45, 7) is 6.77. The van der Waals surface area contributed by atoms with Crippen LogP contribution in [-0.4, -0.2) is 21.9 Å². The van der Waals surface area contributed by atoms with Crippen molar-refractivity contribution < 1.29 is 4.79 Å². The van der Waals surface area contributed by atoms with E-state index in [0.717, 1.165) is 25.9 Å². The Balaban J connectivity index is 1.72. The van der Waals surface area contributed by atoms with E-state index in [1.807, 2.05) is 6.07 Å².